The van der Waals surface area contributed by atoms with E-state index < -0.39 is 12.6 Å². The molecule has 2 saturated heterocycles. The van der Waals surface area contributed by atoms with E-state index in [1.807, 2.05) is 4.90 Å². The third kappa shape index (κ3) is 9.57. The number of carbonyl (C=O) groups is 1. The number of halogens is 4. The van der Waals surface area contributed by atoms with Gasteiger partial charge in [0, 0.05) is 59.3 Å². The van der Waals surface area contributed by atoms with Crippen molar-refractivity contribution >= 4 is 35.8 Å². The fraction of sp³-hybridized carbons (Fsp3) is 0.900. The summed E-state index contributed by atoms with van der Waals surface area (Å²) in [5, 5.41) is 3.16. The minimum atomic E-state index is -4.08. The number of hydrogen-bond acceptors (Lipinski definition) is 3. The molecule has 0 radical (unpaired) electrons. The second-order valence-electron chi connectivity index (χ2n) is 8.55. The summed E-state index contributed by atoms with van der Waals surface area (Å²) >= 11 is 0. The molecular formula is C20H37F3IN5O. The highest BCUT2D eigenvalue weighted by molar-refractivity contribution is 14.0. The summed E-state index contributed by atoms with van der Waals surface area (Å²) in [5.41, 5.74) is 0. The van der Waals surface area contributed by atoms with Gasteiger partial charge in [-0.05, 0) is 31.1 Å². The van der Waals surface area contributed by atoms with E-state index in [9.17, 15) is 18.0 Å². The molecule has 0 aliphatic carbocycles. The first-order valence-electron chi connectivity index (χ1n) is 10.7. The first kappa shape index (κ1) is 27.3. The number of piperazine rings is 1. The Morgan fingerprint density at radius 3 is 2.17 bits per heavy atom. The number of rotatable bonds is 6. The molecule has 0 saturated carbocycles. The standard InChI is InChI=1S/C20H36F3N5O.HI/c1-16-12-17(2)14-28(13-16)18(29)15-26-8-10-27(11-9-26)19(24-3)25-7-5-4-6-20(21,22)23;/h16-17H,4-15H2,1-3H3,(H,24,25);1H. The number of amides is 1. The molecule has 2 aliphatic rings. The Balaban J connectivity index is 0.00000450. The molecule has 1 amide bonds. The van der Waals surface area contributed by atoms with Crippen LogP contribution in [0.15, 0.2) is 4.99 Å². The molecule has 0 spiro atoms. The lowest BCUT2D eigenvalue weighted by molar-refractivity contribution is -0.136. The number of guanidine groups is 1. The maximum Gasteiger partial charge on any atom is 0.389 e. The van der Waals surface area contributed by atoms with Crippen molar-refractivity contribution in [3.8, 4) is 0 Å². The van der Waals surface area contributed by atoms with Gasteiger partial charge in [0.2, 0.25) is 5.91 Å². The zero-order valence-electron chi connectivity index (χ0n) is 18.4. The number of unbranched alkanes of at least 4 members (excludes halogenated alkanes) is 1. The van der Waals surface area contributed by atoms with Gasteiger partial charge in [-0.3, -0.25) is 14.7 Å². The van der Waals surface area contributed by atoms with E-state index in [2.05, 4.69) is 34.0 Å². The SMILES string of the molecule is CN=C(NCCCCC(F)(F)F)N1CCN(CC(=O)N2CC(C)CC(C)C2)CC1.I. The van der Waals surface area contributed by atoms with Gasteiger partial charge in [0.25, 0.3) is 0 Å². The van der Waals surface area contributed by atoms with Crippen molar-refractivity contribution < 1.29 is 18.0 Å². The third-order valence-corrected chi connectivity index (χ3v) is 5.63. The highest BCUT2D eigenvalue weighted by atomic mass is 127. The molecule has 1 N–H and O–H groups in total. The molecule has 0 aromatic carbocycles. The van der Waals surface area contributed by atoms with Crippen LogP contribution in [0.2, 0.25) is 0 Å². The fourth-order valence-corrected chi connectivity index (χ4v) is 4.26. The molecule has 2 rings (SSSR count). The molecular weight excluding hydrogens is 510 g/mol. The maximum absolute atomic E-state index is 12.7. The molecule has 2 heterocycles. The van der Waals surface area contributed by atoms with Crippen LogP contribution in [0.3, 0.4) is 0 Å². The first-order chi connectivity index (χ1) is 13.7. The Morgan fingerprint density at radius 2 is 1.63 bits per heavy atom. The summed E-state index contributed by atoms with van der Waals surface area (Å²) in [7, 11) is 1.69. The summed E-state index contributed by atoms with van der Waals surface area (Å²) in [4.78, 5) is 23.2. The zero-order chi connectivity index (χ0) is 21.4. The number of carbonyl (C=O) groups excluding carboxylic acids is 1. The highest BCUT2D eigenvalue weighted by Crippen LogP contribution is 2.22. The maximum atomic E-state index is 12.7. The Labute approximate surface area is 195 Å². The van der Waals surface area contributed by atoms with Gasteiger partial charge >= 0.3 is 6.18 Å². The molecule has 2 atom stereocenters. The van der Waals surface area contributed by atoms with Crippen LogP contribution < -0.4 is 5.32 Å². The van der Waals surface area contributed by atoms with E-state index in [4.69, 9.17) is 0 Å². The van der Waals surface area contributed by atoms with Crippen molar-refractivity contribution in [1.29, 1.82) is 0 Å². The summed E-state index contributed by atoms with van der Waals surface area (Å²) in [5.74, 6) is 2.06. The second kappa shape index (κ2) is 12.9. The van der Waals surface area contributed by atoms with Gasteiger partial charge in [-0.25, -0.2) is 0 Å². The predicted molar refractivity (Wildman–Crippen MR) is 124 cm³/mol. The number of nitrogens with one attached hydrogen (secondary N) is 1. The number of alkyl halides is 3. The number of hydrogen-bond donors (Lipinski definition) is 1. The van der Waals surface area contributed by atoms with Gasteiger partial charge < -0.3 is 15.1 Å². The Hall–Kier alpha value is -0.780. The summed E-state index contributed by atoms with van der Waals surface area (Å²) in [6, 6.07) is 0. The van der Waals surface area contributed by atoms with Gasteiger partial charge in [-0.15, -0.1) is 24.0 Å². The Kier molecular flexibility index (Phi) is 11.7. The number of aliphatic imine (C=N–C) groups is 1. The molecule has 2 aliphatic heterocycles. The predicted octanol–water partition coefficient (Wildman–Crippen LogP) is 3.03. The minimum absolute atomic E-state index is 0. The van der Waals surface area contributed by atoms with Crippen molar-refractivity contribution in [2.24, 2.45) is 16.8 Å². The lowest BCUT2D eigenvalue weighted by Gasteiger charge is -2.39. The molecule has 10 heteroatoms. The van der Waals surface area contributed by atoms with Crippen LogP contribution in [-0.2, 0) is 4.79 Å². The molecule has 2 fully saturated rings. The van der Waals surface area contributed by atoms with E-state index in [0.717, 1.165) is 45.2 Å². The zero-order valence-corrected chi connectivity index (χ0v) is 20.7. The van der Waals surface area contributed by atoms with E-state index >= 15 is 0 Å². The quantitative estimate of drug-likeness (QED) is 0.241. The van der Waals surface area contributed by atoms with E-state index in [1.165, 1.54) is 6.42 Å². The smallest absolute Gasteiger partial charge is 0.356 e. The van der Waals surface area contributed by atoms with Crippen molar-refractivity contribution in [3.05, 3.63) is 0 Å². The lowest BCUT2D eigenvalue weighted by Crippen LogP contribution is -2.55. The van der Waals surface area contributed by atoms with Gasteiger partial charge in [-0.2, -0.15) is 13.2 Å². The van der Waals surface area contributed by atoms with E-state index in [0.29, 0.717) is 31.3 Å². The Morgan fingerprint density at radius 1 is 1.03 bits per heavy atom. The molecule has 0 aromatic heterocycles. The van der Waals surface area contributed by atoms with Crippen LogP contribution in [0.1, 0.15) is 39.5 Å². The number of likely N-dealkylation sites (tertiary alicyclic amines) is 1. The average molecular weight is 547 g/mol. The molecule has 0 aromatic rings. The molecule has 176 valence electrons. The van der Waals surface area contributed by atoms with E-state index in [1.54, 1.807) is 7.05 Å². The first-order valence-corrected chi connectivity index (χ1v) is 10.7. The highest BCUT2D eigenvalue weighted by Gasteiger charge is 2.28. The normalized spacial score (nSPS) is 23.9. The average Bonchev–Trinajstić information content (AvgIpc) is 2.64. The third-order valence-electron chi connectivity index (χ3n) is 5.63. The summed E-state index contributed by atoms with van der Waals surface area (Å²) in [6.07, 6.45) is -3.06. The molecule has 30 heavy (non-hydrogen) atoms. The fourth-order valence-electron chi connectivity index (χ4n) is 4.26. The van der Waals surface area contributed by atoms with Crippen LogP contribution in [0.5, 0.6) is 0 Å². The molecule has 0 bridgehead atoms. The van der Waals surface area contributed by atoms with Crippen LogP contribution in [0.4, 0.5) is 13.2 Å². The van der Waals surface area contributed by atoms with Crippen molar-refractivity contribution in [2.45, 2.75) is 45.7 Å². The largest absolute Gasteiger partial charge is 0.389 e. The van der Waals surface area contributed by atoms with Gasteiger partial charge in [-0.1, -0.05) is 13.8 Å². The molecule has 6 nitrogen and oxygen atoms in total. The Bertz CT molecular complexity index is 543. The van der Waals surface area contributed by atoms with Crippen molar-refractivity contribution in [1.82, 2.24) is 20.0 Å². The molecule has 2 unspecified atom stereocenters. The second-order valence-corrected chi connectivity index (χ2v) is 8.55. The van der Waals surface area contributed by atoms with Gasteiger partial charge in [0.15, 0.2) is 5.96 Å². The van der Waals surface area contributed by atoms with Crippen molar-refractivity contribution in [3.63, 3.8) is 0 Å². The number of nitrogens with zero attached hydrogens (tertiary/aromatic N) is 4. The summed E-state index contributed by atoms with van der Waals surface area (Å²) < 4.78 is 36.6. The number of piperidine rings is 1. The van der Waals surface area contributed by atoms with Crippen LogP contribution >= 0.6 is 24.0 Å². The lowest BCUT2D eigenvalue weighted by atomic mass is 9.92. The van der Waals surface area contributed by atoms with Crippen molar-refractivity contribution in [2.75, 3.05) is 59.4 Å². The van der Waals surface area contributed by atoms with Crippen LogP contribution in [0, 0.1) is 11.8 Å². The van der Waals surface area contributed by atoms with Gasteiger partial charge in [0.1, 0.15) is 0 Å². The van der Waals surface area contributed by atoms with Crippen LogP contribution in [-0.4, -0.2) is 92.1 Å². The minimum Gasteiger partial charge on any atom is -0.356 e. The van der Waals surface area contributed by atoms with E-state index in [-0.39, 0.29) is 36.3 Å². The van der Waals surface area contributed by atoms with Gasteiger partial charge in [0.05, 0.1) is 6.54 Å². The topological polar surface area (TPSA) is 51.2 Å². The van der Waals surface area contributed by atoms with Crippen LogP contribution in [0.25, 0.3) is 0 Å². The summed E-state index contributed by atoms with van der Waals surface area (Å²) in [6.45, 7) is 10.1. The monoisotopic (exact) mass is 547 g/mol.